The lowest BCUT2D eigenvalue weighted by molar-refractivity contribution is 0.254. The van der Waals surface area contributed by atoms with Crippen LogP contribution in [0, 0.1) is 5.82 Å². The molecule has 1 saturated heterocycles. The molecule has 14 heteroatoms. The summed E-state index contributed by atoms with van der Waals surface area (Å²) in [6, 6.07) is 16.4. The van der Waals surface area contributed by atoms with Crippen molar-refractivity contribution in [2.24, 2.45) is 0 Å². The smallest absolute Gasteiger partial charge is 0.327 e. The van der Waals surface area contributed by atoms with Crippen molar-refractivity contribution in [3.63, 3.8) is 0 Å². The topological polar surface area (TPSA) is 118 Å². The molecule has 0 bridgehead atoms. The lowest BCUT2D eigenvalue weighted by Crippen LogP contribution is -2.56. The molecule has 1 atom stereocenters. The minimum absolute atomic E-state index is 0.243. The zero-order valence-corrected chi connectivity index (χ0v) is 25.7. The number of carbonyl (C=O) groups is 1. The van der Waals surface area contributed by atoms with Gasteiger partial charge in [-0.3, -0.25) is 9.69 Å². The molecule has 2 aromatic heterocycles. The summed E-state index contributed by atoms with van der Waals surface area (Å²) in [6.07, 6.45) is 0. The van der Waals surface area contributed by atoms with Gasteiger partial charge in [0.25, 0.3) is 5.56 Å². The number of benzene rings is 3. The second-order valence-electron chi connectivity index (χ2n) is 10.3. The van der Waals surface area contributed by atoms with Gasteiger partial charge in [-0.1, -0.05) is 23.5 Å². The van der Waals surface area contributed by atoms with Crippen molar-refractivity contribution in [3.05, 3.63) is 94.2 Å². The number of hydrogen-bond acceptors (Lipinski definition) is 10. The van der Waals surface area contributed by atoms with Crippen LogP contribution in [0.2, 0.25) is 0 Å². The fourth-order valence-electron chi connectivity index (χ4n) is 5.39. The highest BCUT2D eigenvalue weighted by atomic mass is 32.1. The lowest BCUT2D eigenvalue weighted by Gasteiger charge is -2.39. The second kappa shape index (κ2) is 12.8. The highest BCUT2D eigenvalue weighted by Crippen LogP contribution is 2.37. The van der Waals surface area contributed by atoms with E-state index in [9.17, 15) is 14.0 Å². The molecule has 45 heavy (non-hydrogen) atoms. The van der Waals surface area contributed by atoms with Crippen molar-refractivity contribution in [2.45, 2.75) is 13.0 Å². The maximum atomic E-state index is 14.2. The molecule has 232 valence electrons. The molecule has 1 fully saturated rings. The van der Waals surface area contributed by atoms with Crippen LogP contribution in [0.5, 0.6) is 11.5 Å². The zero-order chi connectivity index (χ0) is 31.5. The molecule has 1 N–H and O–H groups in total. The number of hydrogen-bond donors (Lipinski definition) is 1. The molecular formula is C31H31FN8O4S. The van der Waals surface area contributed by atoms with Crippen LogP contribution in [0.4, 0.5) is 25.7 Å². The van der Waals surface area contributed by atoms with Crippen molar-refractivity contribution >= 4 is 44.8 Å². The Hall–Kier alpha value is -5.24. The maximum Gasteiger partial charge on any atom is 0.327 e. The standard InChI is InChI=1S/C31H31FN8O4S/c1-20(39(26-13-12-23(43-2)18-27(26)44-3)30(42)34-22-10-8-21(32)9-11-22)28-35-25-7-5-4-6-24(25)29(41)40(28)38-16-14-37(15-17-38)31-36-33-19-45-31/h4-13,18-20H,14-17H2,1-3H3,(H,34,42)/t20-/m0/s1. The van der Waals surface area contributed by atoms with Gasteiger partial charge in [0.1, 0.15) is 22.8 Å². The number of anilines is 3. The van der Waals surface area contributed by atoms with Crippen LogP contribution >= 0.6 is 11.3 Å². The van der Waals surface area contributed by atoms with Gasteiger partial charge in [-0.15, -0.1) is 10.2 Å². The van der Waals surface area contributed by atoms with Crippen LogP contribution in [0.25, 0.3) is 10.9 Å². The van der Waals surface area contributed by atoms with Gasteiger partial charge in [0.05, 0.1) is 49.9 Å². The first kappa shape index (κ1) is 29.8. The molecule has 6 rings (SSSR count). The maximum absolute atomic E-state index is 14.2. The highest BCUT2D eigenvalue weighted by molar-refractivity contribution is 7.13. The molecule has 3 heterocycles. The summed E-state index contributed by atoms with van der Waals surface area (Å²) < 4.78 is 26.3. The Morgan fingerprint density at radius 1 is 1.02 bits per heavy atom. The molecule has 0 radical (unpaired) electrons. The summed E-state index contributed by atoms with van der Waals surface area (Å²) in [5.41, 5.74) is 2.77. The fraction of sp³-hybridized carbons (Fsp3) is 0.258. The van der Waals surface area contributed by atoms with E-state index in [0.29, 0.717) is 65.8 Å². The lowest BCUT2D eigenvalue weighted by atomic mass is 10.1. The number of aromatic nitrogens is 4. The average molecular weight is 631 g/mol. The summed E-state index contributed by atoms with van der Waals surface area (Å²) >= 11 is 1.46. The van der Waals surface area contributed by atoms with Gasteiger partial charge in [-0.25, -0.2) is 18.8 Å². The fourth-order valence-corrected chi connectivity index (χ4v) is 6.00. The van der Waals surface area contributed by atoms with E-state index in [1.54, 1.807) is 60.6 Å². The van der Waals surface area contributed by atoms with Crippen LogP contribution in [-0.2, 0) is 0 Å². The van der Waals surface area contributed by atoms with Crippen molar-refractivity contribution in [1.82, 2.24) is 19.9 Å². The van der Waals surface area contributed by atoms with Gasteiger partial charge in [0.15, 0.2) is 5.82 Å². The molecule has 2 amide bonds. The van der Waals surface area contributed by atoms with E-state index >= 15 is 0 Å². The predicted molar refractivity (Wildman–Crippen MR) is 172 cm³/mol. The Morgan fingerprint density at radius 2 is 1.78 bits per heavy atom. The third-order valence-electron chi connectivity index (χ3n) is 7.66. The zero-order valence-electron chi connectivity index (χ0n) is 24.9. The molecule has 0 unspecified atom stereocenters. The molecule has 12 nitrogen and oxygen atoms in total. The SMILES string of the molecule is COc1ccc(N(C(=O)Nc2ccc(F)cc2)[C@@H](C)c2nc3ccccc3c(=O)n2N2CCN(c3nncs3)CC2)c(OC)c1. The Balaban J connectivity index is 1.46. The summed E-state index contributed by atoms with van der Waals surface area (Å²) in [5.74, 6) is 0.841. The number of methoxy groups -OCH3 is 2. The van der Waals surface area contributed by atoms with Crippen LogP contribution in [0.15, 0.2) is 77.0 Å². The van der Waals surface area contributed by atoms with E-state index in [-0.39, 0.29) is 5.56 Å². The molecular weight excluding hydrogens is 599 g/mol. The number of urea groups is 1. The number of piperazine rings is 1. The summed E-state index contributed by atoms with van der Waals surface area (Å²) in [7, 11) is 3.04. The minimum atomic E-state index is -0.786. The van der Waals surface area contributed by atoms with Crippen molar-refractivity contribution in [1.29, 1.82) is 0 Å². The number of fused-ring (bicyclic) bond motifs is 1. The minimum Gasteiger partial charge on any atom is -0.497 e. The summed E-state index contributed by atoms with van der Waals surface area (Å²) in [5, 5.41) is 14.2. The van der Waals surface area contributed by atoms with Crippen LogP contribution in [0.3, 0.4) is 0 Å². The molecule has 0 spiro atoms. The Bertz CT molecular complexity index is 1860. The predicted octanol–water partition coefficient (Wildman–Crippen LogP) is 4.66. The first-order valence-corrected chi connectivity index (χ1v) is 15.1. The Labute approximate surface area is 262 Å². The monoisotopic (exact) mass is 630 g/mol. The van der Waals surface area contributed by atoms with E-state index in [1.165, 1.54) is 47.6 Å². The molecule has 1 aliphatic rings. The number of para-hydroxylation sites is 1. The molecule has 0 aliphatic carbocycles. The number of halogens is 1. The number of amides is 2. The quantitative estimate of drug-likeness (QED) is 0.261. The van der Waals surface area contributed by atoms with Crippen LogP contribution < -0.4 is 35.2 Å². The number of ether oxygens (including phenoxy) is 2. The van der Waals surface area contributed by atoms with Crippen molar-refractivity contribution in [3.8, 4) is 11.5 Å². The number of rotatable bonds is 8. The van der Waals surface area contributed by atoms with Crippen LogP contribution in [0.1, 0.15) is 18.8 Å². The van der Waals surface area contributed by atoms with Gasteiger partial charge >= 0.3 is 6.03 Å². The first-order valence-electron chi connectivity index (χ1n) is 14.2. The third kappa shape index (κ3) is 5.96. The molecule has 3 aromatic carbocycles. The van der Waals surface area contributed by atoms with Gasteiger partial charge in [0.2, 0.25) is 5.13 Å². The highest BCUT2D eigenvalue weighted by Gasteiger charge is 2.32. The third-order valence-corrected chi connectivity index (χ3v) is 8.41. The summed E-state index contributed by atoms with van der Waals surface area (Å²) in [4.78, 5) is 36.9. The largest absolute Gasteiger partial charge is 0.497 e. The van der Waals surface area contributed by atoms with Crippen molar-refractivity contribution in [2.75, 3.05) is 60.5 Å². The van der Waals surface area contributed by atoms with E-state index in [4.69, 9.17) is 14.5 Å². The van der Waals surface area contributed by atoms with Crippen molar-refractivity contribution < 1.29 is 18.7 Å². The van der Waals surface area contributed by atoms with E-state index in [2.05, 4.69) is 20.4 Å². The molecule has 1 aliphatic heterocycles. The Kier molecular flexibility index (Phi) is 8.47. The molecule has 5 aromatic rings. The number of nitrogens with one attached hydrogen (secondary N) is 1. The van der Waals surface area contributed by atoms with Gasteiger partial charge in [-0.2, -0.15) is 0 Å². The van der Waals surface area contributed by atoms with Gasteiger partial charge in [0, 0.05) is 24.8 Å². The first-order chi connectivity index (χ1) is 21.9. The van der Waals surface area contributed by atoms with Gasteiger partial charge < -0.3 is 24.7 Å². The second-order valence-corrected chi connectivity index (χ2v) is 11.1. The van der Waals surface area contributed by atoms with E-state index in [0.717, 1.165) is 5.13 Å². The van der Waals surface area contributed by atoms with E-state index in [1.807, 2.05) is 11.1 Å². The molecule has 0 saturated carbocycles. The number of carbonyl (C=O) groups excluding carboxylic acids is 1. The normalized spacial score (nSPS) is 13.9. The average Bonchev–Trinajstić information content (AvgIpc) is 3.61. The Morgan fingerprint density at radius 3 is 2.47 bits per heavy atom. The summed E-state index contributed by atoms with van der Waals surface area (Å²) in [6.45, 7) is 4.05. The number of nitrogens with zero attached hydrogens (tertiary/aromatic N) is 7. The van der Waals surface area contributed by atoms with Gasteiger partial charge in [-0.05, 0) is 55.5 Å². The van der Waals surface area contributed by atoms with E-state index < -0.39 is 17.9 Å². The van der Waals surface area contributed by atoms with Crippen LogP contribution in [-0.4, -0.2) is 66.3 Å².